The van der Waals surface area contributed by atoms with Gasteiger partial charge in [0, 0.05) is 13.0 Å². The molecular weight excluding hydrogens is 240 g/mol. The van der Waals surface area contributed by atoms with E-state index in [1.54, 1.807) is 0 Å². The Bertz CT molecular complexity index is 375. The highest BCUT2D eigenvalue weighted by atomic mass is 16.5. The number of ether oxygens (including phenoxy) is 1. The highest BCUT2D eigenvalue weighted by Crippen LogP contribution is 2.07. The Morgan fingerprint density at radius 3 is 2.74 bits per heavy atom. The summed E-state index contributed by atoms with van der Waals surface area (Å²) in [5, 5.41) is 6.20. The molecule has 1 aromatic rings. The fraction of sp³-hybridized carbons (Fsp3) is 0.533. The molecule has 104 valence electrons. The van der Waals surface area contributed by atoms with Crippen LogP contribution in [0.1, 0.15) is 24.8 Å². The van der Waals surface area contributed by atoms with Crippen LogP contribution in [0.2, 0.25) is 0 Å². The summed E-state index contributed by atoms with van der Waals surface area (Å²) in [6.45, 7) is 3.15. The van der Waals surface area contributed by atoms with Crippen LogP contribution < -0.4 is 10.6 Å². The first-order valence-electron chi connectivity index (χ1n) is 6.97. The third kappa shape index (κ3) is 5.41. The highest BCUT2D eigenvalue weighted by Gasteiger charge is 2.13. The van der Waals surface area contributed by atoms with Crippen LogP contribution in [0, 0.1) is 0 Å². The number of hydrogen-bond donors (Lipinski definition) is 2. The van der Waals surface area contributed by atoms with Crippen molar-refractivity contribution in [1.29, 1.82) is 0 Å². The average molecular weight is 262 g/mol. The first-order valence-corrected chi connectivity index (χ1v) is 6.97. The van der Waals surface area contributed by atoms with Crippen molar-refractivity contribution < 1.29 is 9.53 Å². The molecule has 0 saturated carbocycles. The molecular formula is C15H22N2O2. The molecule has 1 aliphatic rings. The SMILES string of the molecule is O=C(CCOC1CCNCC1)NCc1ccccc1. The first kappa shape index (κ1) is 14.0. The Hall–Kier alpha value is -1.39. The summed E-state index contributed by atoms with van der Waals surface area (Å²) < 4.78 is 5.70. The van der Waals surface area contributed by atoms with Gasteiger partial charge in [0.2, 0.25) is 5.91 Å². The summed E-state index contributed by atoms with van der Waals surface area (Å²) in [5.41, 5.74) is 1.12. The summed E-state index contributed by atoms with van der Waals surface area (Å²) in [4.78, 5) is 11.7. The van der Waals surface area contributed by atoms with Crippen LogP contribution in [-0.2, 0) is 16.1 Å². The third-order valence-electron chi connectivity index (χ3n) is 3.30. The molecule has 2 rings (SSSR count). The average Bonchev–Trinajstić information content (AvgIpc) is 2.47. The minimum absolute atomic E-state index is 0.0535. The van der Waals surface area contributed by atoms with E-state index in [4.69, 9.17) is 4.74 Å². The summed E-state index contributed by atoms with van der Waals surface area (Å²) >= 11 is 0. The molecule has 0 atom stereocenters. The van der Waals surface area contributed by atoms with Crippen molar-refractivity contribution in [2.75, 3.05) is 19.7 Å². The van der Waals surface area contributed by atoms with Crippen LogP contribution in [-0.4, -0.2) is 31.7 Å². The lowest BCUT2D eigenvalue weighted by Gasteiger charge is -2.22. The van der Waals surface area contributed by atoms with Crippen molar-refractivity contribution in [2.24, 2.45) is 0 Å². The van der Waals surface area contributed by atoms with Gasteiger partial charge in [-0.3, -0.25) is 4.79 Å². The van der Waals surface area contributed by atoms with E-state index >= 15 is 0 Å². The van der Waals surface area contributed by atoms with Crippen LogP contribution >= 0.6 is 0 Å². The molecule has 0 unspecified atom stereocenters. The fourth-order valence-electron chi connectivity index (χ4n) is 2.17. The molecule has 4 nitrogen and oxygen atoms in total. The summed E-state index contributed by atoms with van der Waals surface area (Å²) in [6, 6.07) is 9.93. The molecule has 1 amide bonds. The molecule has 0 aliphatic carbocycles. The molecule has 1 fully saturated rings. The van der Waals surface area contributed by atoms with Gasteiger partial charge in [0.1, 0.15) is 0 Å². The van der Waals surface area contributed by atoms with Gasteiger partial charge >= 0.3 is 0 Å². The van der Waals surface area contributed by atoms with Crippen molar-refractivity contribution in [3.8, 4) is 0 Å². The quantitative estimate of drug-likeness (QED) is 0.816. The van der Waals surface area contributed by atoms with Crippen LogP contribution in [0.4, 0.5) is 0 Å². The molecule has 0 spiro atoms. The smallest absolute Gasteiger partial charge is 0.222 e. The van der Waals surface area contributed by atoms with Crippen molar-refractivity contribution in [3.63, 3.8) is 0 Å². The molecule has 4 heteroatoms. The number of piperidine rings is 1. The van der Waals surface area contributed by atoms with E-state index < -0.39 is 0 Å². The molecule has 1 aliphatic heterocycles. The summed E-state index contributed by atoms with van der Waals surface area (Å²) in [5.74, 6) is 0.0535. The van der Waals surface area contributed by atoms with Gasteiger partial charge in [0.25, 0.3) is 0 Å². The zero-order chi connectivity index (χ0) is 13.3. The van der Waals surface area contributed by atoms with Crippen LogP contribution in [0.15, 0.2) is 30.3 Å². The predicted molar refractivity (Wildman–Crippen MR) is 74.7 cm³/mol. The van der Waals surface area contributed by atoms with Gasteiger partial charge in [0.15, 0.2) is 0 Å². The maximum atomic E-state index is 11.7. The van der Waals surface area contributed by atoms with E-state index in [0.29, 0.717) is 25.7 Å². The van der Waals surface area contributed by atoms with E-state index in [9.17, 15) is 4.79 Å². The molecule has 0 aromatic heterocycles. The van der Waals surface area contributed by atoms with Gasteiger partial charge in [0.05, 0.1) is 12.7 Å². The van der Waals surface area contributed by atoms with E-state index in [0.717, 1.165) is 31.5 Å². The van der Waals surface area contributed by atoms with E-state index in [2.05, 4.69) is 10.6 Å². The number of nitrogens with one attached hydrogen (secondary N) is 2. The van der Waals surface area contributed by atoms with Crippen LogP contribution in [0.3, 0.4) is 0 Å². The van der Waals surface area contributed by atoms with Crippen LogP contribution in [0.25, 0.3) is 0 Å². The second-order valence-electron chi connectivity index (χ2n) is 4.83. The van der Waals surface area contributed by atoms with Gasteiger partial charge in [-0.15, -0.1) is 0 Å². The minimum atomic E-state index is 0.0535. The zero-order valence-corrected chi connectivity index (χ0v) is 11.2. The maximum Gasteiger partial charge on any atom is 0.222 e. The van der Waals surface area contributed by atoms with Gasteiger partial charge in [-0.2, -0.15) is 0 Å². The summed E-state index contributed by atoms with van der Waals surface area (Å²) in [7, 11) is 0. The molecule has 19 heavy (non-hydrogen) atoms. The molecule has 1 aromatic carbocycles. The van der Waals surface area contributed by atoms with Crippen molar-refractivity contribution in [3.05, 3.63) is 35.9 Å². The number of amides is 1. The van der Waals surface area contributed by atoms with E-state index in [-0.39, 0.29) is 5.91 Å². The fourth-order valence-corrected chi connectivity index (χ4v) is 2.17. The lowest BCUT2D eigenvalue weighted by atomic mass is 10.1. The monoisotopic (exact) mass is 262 g/mol. The van der Waals surface area contributed by atoms with Gasteiger partial charge in [-0.05, 0) is 31.5 Å². The second-order valence-corrected chi connectivity index (χ2v) is 4.83. The number of benzene rings is 1. The number of carbonyl (C=O) groups is 1. The molecule has 2 N–H and O–H groups in total. The third-order valence-corrected chi connectivity index (χ3v) is 3.30. The standard InChI is InChI=1S/C15H22N2O2/c18-15(17-12-13-4-2-1-3-5-13)8-11-19-14-6-9-16-10-7-14/h1-5,14,16H,6-12H2,(H,17,18). The van der Waals surface area contributed by atoms with Gasteiger partial charge in [-0.25, -0.2) is 0 Å². The molecule has 0 bridgehead atoms. The first-order chi connectivity index (χ1) is 9.34. The van der Waals surface area contributed by atoms with E-state index in [1.807, 2.05) is 30.3 Å². The number of rotatable bonds is 6. The van der Waals surface area contributed by atoms with Crippen molar-refractivity contribution >= 4 is 5.91 Å². The Balaban J connectivity index is 1.57. The van der Waals surface area contributed by atoms with Crippen molar-refractivity contribution in [2.45, 2.75) is 31.9 Å². The Labute approximate surface area is 114 Å². The molecule has 1 heterocycles. The Morgan fingerprint density at radius 1 is 1.26 bits per heavy atom. The topological polar surface area (TPSA) is 50.4 Å². The number of hydrogen-bond acceptors (Lipinski definition) is 3. The normalized spacial score (nSPS) is 16.2. The summed E-state index contributed by atoms with van der Waals surface area (Å²) in [6.07, 6.45) is 2.86. The lowest BCUT2D eigenvalue weighted by molar-refractivity contribution is -0.122. The minimum Gasteiger partial charge on any atom is -0.378 e. The zero-order valence-electron chi connectivity index (χ0n) is 11.2. The molecule has 1 saturated heterocycles. The van der Waals surface area contributed by atoms with Crippen molar-refractivity contribution in [1.82, 2.24) is 10.6 Å². The largest absolute Gasteiger partial charge is 0.378 e. The number of carbonyl (C=O) groups excluding carboxylic acids is 1. The predicted octanol–water partition coefficient (Wildman–Crippen LogP) is 1.46. The highest BCUT2D eigenvalue weighted by molar-refractivity contribution is 5.75. The maximum absolute atomic E-state index is 11.7. The van der Waals surface area contributed by atoms with Gasteiger partial charge in [-0.1, -0.05) is 30.3 Å². The van der Waals surface area contributed by atoms with E-state index in [1.165, 1.54) is 0 Å². The Morgan fingerprint density at radius 2 is 2.00 bits per heavy atom. The van der Waals surface area contributed by atoms with Crippen LogP contribution in [0.5, 0.6) is 0 Å². The second kappa shape index (κ2) is 7.92. The lowest BCUT2D eigenvalue weighted by Crippen LogP contribution is -2.33. The Kier molecular flexibility index (Phi) is 5.85. The molecule has 0 radical (unpaired) electrons. The van der Waals surface area contributed by atoms with Gasteiger partial charge < -0.3 is 15.4 Å².